The zero-order valence-corrected chi connectivity index (χ0v) is 19.4. The minimum atomic E-state index is -1.86. The molecule has 1 aliphatic rings. The summed E-state index contributed by atoms with van der Waals surface area (Å²) >= 11 is 0. The van der Waals surface area contributed by atoms with Crippen molar-refractivity contribution in [1.82, 2.24) is 4.57 Å². The SMILES string of the molecule is COc1cc2c(cc1OC)[C@@](C)(/C=C/O[Si](C)(C)C(C)(C)C)c1cccn1C2. The summed E-state index contributed by atoms with van der Waals surface area (Å²) in [5.74, 6) is 1.52. The second-order valence-electron chi connectivity index (χ2n) is 9.27. The molecule has 2 aromatic rings. The van der Waals surface area contributed by atoms with E-state index >= 15 is 0 Å². The first kappa shape index (κ1) is 20.6. The largest absolute Gasteiger partial charge is 0.549 e. The number of aromatic nitrogens is 1. The van der Waals surface area contributed by atoms with Crippen LogP contribution in [0.5, 0.6) is 11.5 Å². The van der Waals surface area contributed by atoms with E-state index in [0.717, 1.165) is 18.0 Å². The molecule has 0 aliphatic carbocycles. The lowest BCUT2D eigenvalue weighted by atomic mass is 9.75. The summed E-state index contributed by atoms with van der Waals surface area (Å²) < 4.78 is 19.8. The molecule has 5 heteroatoms. The molecule has 3 rings (SSSR count). The number of ether oxygens (including phenoxy) is 2. The van der Waals surface area contributed by atoms with Crippen LogP contribution in [-0.2, 0) is 16.4 Å². The molecular formula is C23H33NO3Si. The van der Waals surface area contributed by atoms with Crippen LogP contribution in [0.15, 0.2) is 42.8 Å². The summed E-state index contributed by atoms with van der Waals surface area (Å²) in [5.41, 5.74) is 3.41. The van der Waals surface area contributed by atoms with Gasteiger partial charge in [-0.2, -0.15) is 0 Å². The highest BCUT2D eigenvalue weighted by atomic mass is 28.4. The zero-order chi connectivity index (χ0) is 20.7. The molecule has 0 fully saturated rings. The van der Waals surface area contributed by atoms with Gasteiger partial charge in [0, 0.05) is 18.4 Å². The van der Waals surface area contributed by atoms with Gasteiger partial charge in [0.15, 0.2) is 11.5 Å². The van der Waals surface area contributed by atoms with Crippen molar-refractivity contribution in [2.75, 3.05) is 14.2 Å². The Morgan fingerprint density at radius 2 is 1.75 bits per heavy atom. The van der Waals surface area contributed by atoms with E-state index in [9.17, 15) is 0 Å². The molecule has 152 valence electrons. The minimum Gasteiger partial charge on any atom is -0.549 e. The fourth-order valence-corrected chi connectivity index (χ4v) is 4.33. The standard InChI is InChI=1S/C23H33NO3Si/c1-22(2,3)28(7,8)27-13-11-23(4)18-15-20(26-6)19(25-5)14-17(18)16-24-12-9-10-21(23)24/h9-15H,16H2,1-8H3/b13-11+/t23-/m1/s1. The first-order chi connectivity index (χ1) is 13.0. The van der Waals surface area contributed by atoms with Gasteiger partial charge >= 0.3 is 0 Å². The van der Waals surface area contributed by atoms with Crippen LogP contribution in [0.4, 0.5) is 0 Å². The lowest BCUT2D eigenvalue weighted by Gasteiger charge is -2.37. The summed E-state index contributed by atoms with van der Waals surface area (Å²) in [7, 11) is 1.50. The van der Waals surface area contributed by atoms with E-state index < -0.39 is 8.32 Å². The number of benzene rings is 1. The molecule has 4 nitrogen and oxygen atoms in total. The maximum Gasteiger partial charge on any atom is 0.249 e. The van der Waals surface area contributed by atoms with E-state index in [1.165, 1.54) is 16.8 Å². The van der Waals surface area contributed by atoms with E-state index in [-0.39, 0.29) is 10.5 Å². The summed E-state index contributed by atoms with van der Waals surface area (Å²) in [5, 5.41) is 0.166. The van der Waals surface area contributed by atoms with Gasteiger partial charge in [0.1, 0.15) is 0 Å². The molecule has 2 heterocycles. The maximum absolute atomic E-state index is 6.36. The molecule has 0 unspecified atom stereocenters. The summed E-state index contributed by atoms with van der Waals surface area (Å²) in [4.78, 5) is 0. The summed E-state index contributed by atoms with van der Waals surface area (Å²) in [6.07, 6.45) is 6.26. The molecule has 1 atom stereocenters. The van der Waals surface area contributed by atoms with Crippen molar-refractivity contribution >= 4 is 8.32 Å². The topological polar surface area (TPSA) is 32.6 Å². The number of allylic oxidation sites excluding steroid dienone is 1. The lowest BCUT2D eigenvalue weighted by molar-refractivity contribution is 0.352. The van der Waals surface area contributed by atoms with E-state index in [0.29, 0.717) is 0 Å². The Kier molecular flexibility index (Phi) is 5.17. The monoisotopic (exact) mass is 399 g/mol. The third-order valence-electron chi connectivity index (χ3n) is 6.44. The first-order valence-corrected chi connectivity index (χ1v) is 12.7. The fraction of sp³-hybridized carbons (Fsp3) is 0.478. The summed E-state index contributed by atoms with van der Waals surface area (Å²) in [6, 6.07) is 8.51. The first-order valence-electron chi connectivity index (χ1n) is 9.80. The van der Waals surface area contributed by atoms with Crippen LogP contribution < -0.4 is 9.47 Å². The zero-order valence-electron chi connectivity index (χ0n) is 18.4. The average Bonchev–Trinajstić information content (AvgIpc) is 3.09. The number of rotatable bonds is 5. The van der Waals surface area contributed by atoms with Crippen LogP contribution >= 0.6 is 0 Å². The van der Waals surface area contributed by atoms with E-state index in [4.69, 9.17) is 13.9 Å². The van der Waals surface area contributed by atoms with Crippen molar-refractivity contribution in [3.8, 4) is 11.5 Å². The van der Waals surface area contributed by atoms with Crippen LogP contribution in [-0.4, -0.2) is 27.1 Å². The average molecular weight is 400 g/mol. The van der Waals surface area contributed by atoms with Crippen LogP contribution in [0.25, 0.3) is 0 Å². The Labute approximate surface area is 170 Å². The minimum absolute atomic E-state index is 0.166. The number of hydrogen-bond acceptors (Lipinski definition) is 3. The van der Waals surface area contributed by atoms with Gasteiger partial charge in [0.05, 0.1) is 25.9 Å². The molecular weight excluding hydrogens is 366 g/mol. The van der Waals surface area contributed by atoms with Gasteiger partial charge in [-0.1, -0.05) is 20.8 Å². The van der Waals surface area contributed by atoms with Crippen LogP contribution in [0.2, 0.25) is 18.1 Å². The van der Waals surface area contributed by atoms with Gasteiger partial charge in [0.25, 0.3) is 0 Å². The fourth-order valence-electron chi connectivity index (χ4n) is 3.57. The van der Waals surface area contributed by atoms with Crippen LogP contribution in [0.1, 0.15) is 44.5 Å². The number of methoxy groups -OCH3 is 2. The second kappa shape index (κ2) is 7.03. The highest BCUT2D eigenvalue weighted by molar-refractivity contribution is 6.74. The third kappa shape index (κ3) is 3.37. The molecule has 0 saturated carbocycles. The van der Waals surface area contributed by atoms with Crippen molar-refractivity contribution in [1.29, 1.82) is 0 Å². The van der Waals surface area contributed by atoms with E-state index in [2.05, 4.69) is 81.9 Å². The number of nitrogens with zero attached hydrogens (tertiary/aromatic N) is 1. The Bertz CT molecular complexity index is 892. The molecule has 0 amide bonds. The van der Waals surface area contributed by atoms with Crippen LogP contribution in [0.3, 0.4) is 0 Å². The summed E-state index contributed by atoms with van der Waals surface area (Å²) in [6.45, 7) is 14.4. The Morgan fingerprint density at radius 1 is 1.11 bits per heavy atom. The van der Waals surface area contributed by atoms with Gasteiger partial charge in [0.2, 0.25) is 8.32 Å². The quantitative estimate of drug-likeness (QED) is 0.477. The maximum atomic E-state index is 6.36. The molecule has 1 aromatic heterocycles. The van der Waals surface area contributed by atoms with Gasteiger partial charge < -0.3 is 18.5 Å². The third-order valence-corrected chi connectivity index (χ3v) is 10.8. The highest BCUT2D eigenvalue weighted by Gasteiger charge is 2.39. The molecule has 0 saturated heterocycles. The van der Waals surface area contributed by atoms with Crippen molar-refractivity contribution in [3.63, 3.8) is 0 Å². The van der Waals surface area contributed by atoms with Crippen molar-refractivity contribution in [2.24, 2.45) is 0 Å². The van der Waals surface area contributed by atoms with Crippen LogP contribution in [0, 0.1) is 0 Å². The van der Waals surface area contributed by atoms with Gasteiger partial charge in [-0.15, -0.1) is 0 Å². The van der Waals surface area contributed by atoms with Gasteiger partial charge in [-0.25, -0.2) is 0 Å². The molecule has 28 heavy (non-hydrogen) atoms. The molecule has 1 aliphatic heterocycles. The number of fused-ring (bicyclic) bond motifs is 2. The number of hydrogen-bond donors (Lipinski definition) is 0. The van der Waals surface area contributed by atoms with Crippen molar-refractivity contribution in [2.45, 2.75) is 57.8 Å². The predicted octanol–water partition coefficient (Wildman–Crippen LogP) is 5.71. The van der Waals surface area contributed by atoms with E-state index in [1.807, 2.05) is 6.26 Å². The second-order valence-corrected chi connectivity index (χ2v) is 14.0. The molecule has 0 spiro atoms. The normalized spacial score (nSPS) is 19.3. The van der Waals surface area contributed by atoms with Crippen molar-refractivity contribution < 1.29 is 13.9 Å². The highest BCUT2D eigenvalue weighted by Crippen LogP contribution is 2.45. The Morgan fingerprint density at radius 3 is 2.36 bits per heavy atom. The molecule has 0 radical (unpaired) electrons. The molecule has 1 aromatic carbocycles. The van der Waals surface area contributed by atoms with Gasteiger partial charge in [-0.05, 0) is 66.5 Å². The van der Waals surface area contributed by atoms with Gasteiger partial charge in [-0.3, -0.25) is 0 Å². The van der Waals surface area contributed by atoms with E-state index in [1.54, 1.807) is 14.2 Å². The van der Waals surface area contributed by atoms with Crippen molar-refractivity contribution in [3.05, 3.63) is 59.6 Å². The molecule has 0 N–H and O–H groups in total. The Balaban J connectivity index is 2.07. The lowest BCUT2D eigenvalue weighted by Crippen LogP contribution is -2.39. The molecule has 0 bridgehead atoms. The smallest absolute Gasteiger partial charge is 0.249 e. The predicted molar refractivity (Wildman–Crippen MR) is 117 cm³/mol. The Hall–Kier alpha value is -2.14.